The third-order valence-corrected chi connectivity index (χ3v) is 5.64. The van der Waals surface area contributed by atoms with Crippen molar-refractivity contribution in [3.05, 3.63) is 34.9 Å². The first-order valence-corrected chi connectivity index (χ1v) is 8.83. The van der Waals surface area contributed by atoms with Crippen molar-refractivity contribution in [1.82, 2.24) is 0 Å². The third kappa shape index (κ3) is 3.57. The third-order valence-electron chi connectivity index (χ3n) is 4.84. The number of carbonyl (C=O) groups excluding carboxylic acids is 1. The number of benzene rings is 1. The van der Waals surface area contributed by atoms with Gasteiger partial charge in [-0.1, -0.05) is 23.7 Å². The lowest BCUT2D eigenvalue weighted by Crippen LogP contribution is -2.60. The molecule has 23 heavy (non-hydrogen) atoms. The summed E-state index contributed by atoms with van der Waals surface area (Å²) in [6, 6.07) is 7.36. The van der Waals surface area contributed by atoms with Gasteiger partial charge in [-0.25, -0.2) is 4.79 Å². The van der Waals surface area contributed by atoms with Crippen molar-refractivity contribution in [1.29, 1.82) is 0 Å². The standard InChI is InChI=1S/C17H22ClNO3S/c1-11(10-23)16(20)19(17(21)22)9-14(7-12(19)2)8-13-3-5-15(18)6-4-13/h3-6,11-12,14H,7-10H2,1-2H3,(H-,21,22,23)/p+1/t11?,12?,14-,19+/m1/s1. The first kappa shape index (κ1) is 18.3. The number of amides is 2. The minimum Gasteiger partial charge on any atom is -0.435 e. The quantitative estimate of drug-likeness (QED) is 0.636. The number of nitrogens with zero attached hydrogens (tertiary/aromatic N) is 1. The van der Waals surface area contributed by atoms with E-state index in [0.717, 1.165) is 18.4 Å². The molecule has 0 aliphatic carbocycles. The number of carboxylic acid groups (broad SMARTS) is 1. The van der Waals surface area contributed by atoms with Crippen molar-refractivity contribution < 1.29 is 19.2 Å². The number of quaternary nitrogens is 1. The molecule has 2 unspecified atom stereocenters. The van der Waals surface area contributed by atoms with E-state index in [-0.39, 0.29) is 23.8 Å². The van der Waals surface area contributed by atoms with E-state index in [2.05, 4.69) is 12.6 Å². The number of hydrogen-bond donors (Lipinski definition) is 2. The molecular formula is C17H23ClNO3S+. The van der Waals surface area contributed by atoms with Gasteiger partial charge in [-0.3, -0.25) is 0 Å². The highest BCUT2D eigenvalue weighted by Crippen LogP contribution is 2.35. The van der Waals surface area contributed by atoms with Crippen molar-refractivity contribution in [3.8, 4) is 0 Å². The number of likely N-dealkylation sites (tertiary alicyclic amines) is 1. The maximum Gasteiger partial charge on any atom is 0.521 e. The molecule has 0 saturated carbocycles. The van der Waals surface area contributed by atoms with Crippen LogP contribution in [0.25, 0.3) is 0 Å². The SMILES string of the molecule is CC(CS)C(=O)[N@+]1(C(=O)O)C[C@@H](Cc2ccc(Cl)cc2)CC1C. The number of hydrogen-bond acceptors (Lipinski definition) is 3. The van der Waals surface area contributed by atoms with Crippen molar-refractivity contribution in [2.45, 2.75) is 32.7 Å². The van der Waals surface area contributed by atoms with Gasteiger partial charge in [0.1, 0.15) is 6.04 Å². The zero-order chi connectivity index (χ0) is 17.2. The predicted molar refractivity (Wildman–Crippen MR) is 93.9 cm³/mol. The number of halogens is 1. The van der Waals surface area contributed by atoms with Crippen LogP contribution < -0.4 is 0 Å². The van der Waals surface area contributed by atoms with E-state index < -0.39 is 10.6 Å². The summed E-state index contributed by atoms with van der Waals surface area (Å²) in [6.45, 7) is 3.95. The Morgan fingerprint density at radius 2 is 2.00 bits per heavy atom. The summed E-state index contributed by atoms with van der Waals surface area (Å²) in [5.74, 6) is -0.0798. The molecule has 1 aliphatic heterocycles. The van der Waals surface area contributed by atoms with E-state index in [9.17, 15) is 14.7 Å². The lowest BCUT2D eigenvalue weighted by Gasteiger charge is -2.31. The summed E-state index contributed by atoms with van der Waals surface area (Å²) >= 11 is 10.1. The van der Waals surface area contributed by atoms with Gasteiger partial charge in [-0.05, 0) is 38.0 Å². The molecule has 4 atom stereocenters. The first-order chi connectivity index (χ1) is 10.8. The van der Waals surface area contributed by atoms with Gasteiger partial charge in [-0.2, -0.15) is 21.9 Å². The molecule has 6 heteroatoms. The van der Waals surface area contributed by atoms with Crippen LogP contribution in [-0.4, -0.2) is 39.9 Å². The topological polar surface area (TPSA) is 54.4 Å². The smallest absolute Gasteiger partial charge is 0.435 e. The molecule has 1 aromatic rings. The number of thiol groups is 1. The van der Waals surface area contributed by atoms with Gasteiger partial charge in [0.25, 0.3) is 0 Å². The Morgan fingerprint density at radius 3 is 2.52 bits per heavy atom. The Balaban J connectivity index is 2.21. The highest BCUT2D eigenvalue weighted by atomic mass is 35.5. The van der Waals surface area contributed by atoms with Gasteiger partial charge in [0.15, 0.2) is 0 Å². The van der Waals surface area contributed by atoms with Gasteiger partial charge >= 0.3 is 12.0 Å². The van der Waals surface area contributed by atoms with Crippen LogP contribution in [0, 0.1) is 11.8 Å². The van der Waals surface area contributed by atoms with Crippen LogP contribution in [-0.2, 0) is 11.2 Å². The van der Waals surface area contributed by atoms with Gasteiger partial charge in [0.2, 0.25) is 0 Å². The number of carbonyl (C=O) groups is 2. The maximum absolute atomic E-state index is 12.7. The highest BCUT2D eigenvalue weighted by Gasteiger charge is 2.57. The van der Waals surface area contributed by atoms with Crippen molar-refractivity contribution in [2.24, 2.45) is 11.8 Å². The fraction of sp³-hybridized carbons (Fsp3) is 0.529. The van der Waals surface area contributed by atoms with E-state index >= 15 is 0 Å². The first-order valence-electron chi connectivity index (χ1n) is 7.82. The second kappa shape index (κ2) is 7.24. The number of imide groups is 1. The second-order valence-electron chi connectivity index (χ2n) is 6.54. The van der Waals surface area contributed by atoms with E-state index in [0.29, 0.717) is 17.3 Å². The van der Waals surface area contributed by atoms with Crippen molar-refractivity contribution in [3.63, 3.8) is 0 Å². The molecule has 1 fully saturated rings. The highest BCUT2D eigenvalue weighted by molar-refractivity contribution is 7.80. The molecule has 0 aromatic heterocycles. The molecule has 1 heterocycles. The van der Waals surface area contributed by atoms with Crippen LogP contribution in [0.4, 0.5) is 4.79 Å². The fourth-order valence-electron chi connectivity index (χ4n) is 3.57. The second-order valence-corrected chi connectivity index (χ2v) is 7.34. The molecule has 126 valence electrons. The molecule has 0 bridgehead atoms. The number of rotatable bonds is 4. The minimum atomic E-state index is -1.05. The van der Waals surface area contributed by atoms with E-state index in [1.165, 1.54) is 0 Å². The van der Waals surface area contributed by atoms with Crippen LogP contribution in [0.5, 0.6) is 0 Å². The predicted octanol–water partition coefficient (Wildman–Crippen LogP) is 3.88. The average Bonchev–Trinajstić information content (AvgIpc) is 2.85. The molecule has 2 rings (SSSR count). The van der Waals surface area contributed by atoms with E-state index in [1.54, 1.807) is 6.92 Å². The summed E-state index contributed by atoms with van der Waals surface area (Å²) in [5, 5.41) is 10.5. The summed E-state index contributed by atoms with van der Waals surface area (Å²) in [7, 11) is 0. The zero-order valence-electron chi connectivity index (χ0n) is 13.4. The Bertz CT molecular complexity index is 592. The Labute approximate surface area is 147 Å². The summed E-state index contributed by atoms with van der Waals surface area (Å²) in [4.78, 5) is 24.7. The van der Waals surface area contributed by atoms with Gasteiger partial charge in [-0.15, -0.1) is 0 Å². The molecule has 0 radical (unpaired) electrons. The molecule has 0 spiro atoms. The Morgan fingerprint density at radius 1 is 1.39 bits per heavy atom. The van der Waals surface area contributed by atoms with Crippen molar-refractivity contribution >= 4 is 36.2 Å². The zero-order valence-corrected chi connectivity index (χ0v) is 15.1. The van der Waals surface area contributed by atoms with Crippen LogP contribution in [0.3, 0.4) is 0 Å². The van der Waals surface area contributed by atoms with Gasteiger partial charge in [0, 0.05) is 23.1 Å². The van der Waals surface area contributed by atoms with Crippen LogP contribution in [0.2, 0.25) is 5.02 Å². The summed E-state index contributed by atoms with van der Waals surface area (Å²) in [6.07, 6.45) is 0.437. The molecule has 1 aromatic carbocycles. The minimum absolute atomic E-state index is 0.165. The average molecular weight is 357 g/mol. The normalized spacial score (nSPS) is 28.5. The summed E-state index contributed by atoms with van der Waals surface area (Å²) in [5.41, 5.74) is 1.12. The van der Waals surface area contributed by atoms with Crippen LogP contribution in [0.1, 0.15) is 25.8 Å². The molecule has 1 aliphatic rings. The fourth-order valence-corrected chi connectivity index (χ4v) is 3.85. The lowest BCUT2D eigenvalue weighted by atomic mass is 9.97. The molecular weight excluding hydrogens is 334 g/mol. The van der Waals surface area contributed by atoms with Crippen LogP contribution >= 0.6 is 24.2 Å². The summed E-state index contributed by atoms with van der Waals surface area (Å²) < 4.78 is -0.472. The van der Waals surface area contributed by atoms with E-state index in [1.807, 2.05) is 31.2 Å². The van der Waals surface area contributed by atoms with Crippen LogP contribution in [0.15, 0.2) is 24.3 Å². The largest absolute Gasteiger partial charge is 0.521 e. The van der Waals surface area contributed by atoms with E-state index in [4.69, 9.17) is 11.6 Å². The van der Waals surface area contributed by atoms with Gasteiger partial charge < -0.3 is 5.11 Å². The maximum atomic E-state index is 12.7. The monoisotopic (exact) mass is 356 g/mol. The Hall–Kier alpha value is -1.04. The molecule has 2 amide bonds. The lowest BCUT2D eigenvalue weighted by molar-refractivity contribution is -0.795. The molecule has 1 N–H and O–H groups in total. The van der Waals surface area contributed by atoms with Crippen molar-refractivity contribution in [2.75, 3.05) is 12.3 Å². The Kier molecular flexibility index (Phi) is 5.76. The molecule has 1 saturated heterocycles. The van der Waals surface area contributed by atoms with Gasteiger partial charge in [0.05, 0.1) is 12.5 Å². The molecule has 4 nitrogen and oxygen atoms in total.